The van der Waals surface area contributed by atoms with Crippen molar-refractivity contribution in [3.05, 3.63) is 66.6 Å². The van der Waals surface area contributed by atoms with Gasteiger partial charge in [-0.1, -0.05) is 24.3 Å². The summed E-state index contributed by atoms with van der Waals surface area (Å²) in [7, 11) is 0. The molecule has 0 fully saturated rings. The number of anilines is 1. The van der Waals surface area contributed by atoms with Crippen LogP contribution in [-0.2, 0) is 0 Å². The van der Waals surface area contributed by atoms with Crippen molar-refractivity contribution in [1.29, 1.82) is 0 Å². The van der Waals surface area contributed by atoms with Gasteiger partial charge in [0.25, 0.3) is 0 Å². The summed E-state index contributed by atoms with van der Waals surface area (Å²) in [5.74, 6) is 0.00981. The molecule has 20 heavy (non-hydrogen) atoms. The van der Waals surface area contributed by atoms with Crippen molar-refractivity contribution >= 4 is 22.4 Å². The minimum atomic E-state index is 0.00981. The molecule has 2 N–H and O–H groups in total. The fourth-order valence-electron chi connectivity index (χ4n) is 1.70. The molecule has 3 rings (SSSR count). The van der Waals surface area contributed by atoms with E-state index in [0.29, 0.717) is 5.69 Å². The second kappa shape index (κ2) is 6.43. The summed E-state index contributed by atoms with van der Waals surface area (Å²) in [6.07, 6.45) is 3.36. The molecule has 0 saturated carbocycles. The largest absolute Gasteiger partial charge is 0.397 e. The summed E-state index contributed by atoms with van der Waals surface area (Å²) >= 11 is 0. The first-order chi connectivity index (χ1) is 9.68. The van der Waals surface area contributed by atoms with E-state index in [9.17, 15) is 4.79 Å². The topological polar surface area (TPSA) is 68.9 Å². The maximum Gasteiger partial charge on any atom is 0.178 e. The van der Waals surface area contributed by atoms with Crippen LogP contribution in [0.1, 0.15) is 17.4 Å². The molecule has 0 unspecified atom stereocenters. The molecule has 0 saturated heterocycles. The first kappa shape index (κ1) is 13.7. The molecule has 3 aromatic rings. The highest BCUT2D eigenvalue weighted by Gasteiger charge is 1.95. The van der Waals surface area contributed by atoms with Crippen LogP contribution in [0.15, 0.2) is 60.9 Å². The third-order valence-corrected chi connectivity index (χ3v) is 2.69. The lowest BCUT2D eigenvalue weighted by atomic mass is 10.2. The summed E-state index contributed by atoms with van der Waals surface area (Å²) < 4.78 is 0. The van der Waals surface area contributed by atoms with E-state index < -0.39 is 0 Å². The van der Waals surface area contributed by atoms with E-state index in [2.05, 4.69) is 9.97 Å². The smallest absolute Gasteiger partial charge is 0.178 e. The number of nitrogens with two attached hydrogens (primary N) is 1. The molecular weight excluding hydrogens is 250 g/mol. The van der Waals surface area contributed by atoms with Crippen LogP contribution in [0.25, 0.3) is 10.9 Å². The highest BCUT2D eigenvalue weighted by molar-refractivity contribution is 5.91. The van der Waals surface area contributed by atoms with E-state index in [1.807, 2.05) is 30.3 Å². The third kappa shape index (κ3) is 3.38. The number of pyridine rings is 2. The van der Waals surface area contributed by atoms with Crippen molar-refractivity contribution in [1.82, 2.24) is 9.97 Å². The number of aromatic nitrogens is 2. The van der Waals surface area contributed by atoms with Gasteiger partial charge in [0.2, 0.25) is 0 Å². The Morgan fingerprint density at radius 2 is 1.70 bits per heavy atom. The number of Topliss-reactive ketones (excluding diaryl/α,β-unsaturated/α-hetero) is 1. The number of nitrogen functional groups attached to an aromatic ring is 1. The number of nitrogens with zero attached hydrogens (tertiary/aromatic N) is 2. The second-order valence-corrected chi connectivity index (χ2v) is 4.19. The Bertz CT molecular complexity index is 706. The normalized spacial score (nSPS) is 9.65. The van der Waals surface area contributed by atoms with Gasteiger partial charge in [0.15, 0.2) is 5.78 Å². The zero-order valence-corrected chi connectivity index (χ0v) is 11.2. The van der Waals surface area contributed by atoms with Crippen molar-refractivity contribution in [3.63, 3.8) is 0 Å². The Morgan fingerprint density at radius 3 is 2.30 bits per heavy atom. The molecule has 0 aliphatic heterocycles. The van der Waals surface area contributed by atoms with Crippen LogP contribution < -0.4 is 5.73 Å². The van der Waals surface area contributed by atoms with E-state index >= 15 is 0 Å². The van der Waals surface area contributed by atoms with Crippen molar-refractivity contribution in [2.45, 2.75) is 6.92 Å². The quantitative estimate of drug-likeness (QED) is 0.542. The van der Waals surface area contributed by atoms with Crippen molar-refractivity contribution in [2.75, 3.05) is 5.73 Å². The monoisotopic (exact) mass is 265 g/mol. The van der Waals surface area contributed by atoms with E-state index in [4.69, 9.17) is 5.73 Å². The van der Waals surface area contributed by atoms with Crippen LogP contribution in [0, 0.1) is 0 Å². The molecule has 2 heterocycles. The van der Waals surface area contributed by atoms with Gasteiger partial charge in [0.05, 0.1) is 11.2 Å². The molecule has 0 aliphatic rings. The van der Waals surface area contributed by atoms with E-state index in [1.54, 1.807) is 30.6 Å². The Balaban J connectivity index is 0.000000151. The minimum absolute atomic E-state index is 0.00981. The average Bonchev–Trinajstić information content (AvgIpc) is 2.49. The van der Waals surface area contributed by atoms with Gasteiger partial charge < -0.3 is 5.73 Å². The predicted molar refractivity (Wildman–Crippen MR) is 80.4 cm³/mol. The lowest BCUT2D eigenvalue weighted by molar-refractivity contribution is 0.101. The first-order valence-electron chi connectivity index (χ1n) is 6.19. The molecule has 0 amide bonds. The van der Waals surface area contributed by atoms with Crippen LogP contribution in [-0.4, -0.2) is 15.8 Å². The van der Waals surface area contributed by atoms with Crippen LogP contribution in [0.3, 0.4) is 0 Å². The molecule has 0 aliphatic carbocycles. The zero-order chi connectivity index (χ0) is 14.4. The first-order valence-corrected chi connectivity index (χ1v) is 6.19. The summed E-state index contributed by atoms with van der Waals surface area (Å²) in [4.78, 5) is 18.6. The zero-order valence-electron chi connectivity index (χ0n) is 11.2. The van der Waals surface area contributed by atoms with Gasteiger partial charge in [-0.25, -0.2) is 0 Å². The third-order valence-electron chi connectivity index (χ3n) is 2.69. The van der Waals surface area contributed by atoms with E-state index in [-0.39, 0.29) is 5.78 Å². The Kier molecular flexibility index (Phi) is 4.39. The Hall–Kier alpha value is -2.75. The number of rotatable bonds is 1. The van der Waals surface area contributed by atoms with Crippen LogP contribution in [0.5, 0.6) is 0 Å². The number of hydrogen-bond donors (Lipinski definition) is 1. The highest BCUT2D eigenvalue weighted by atomic mass is 16.1. The van der Waals surface area contributed by atoms with Crippen molar-refractivity contribution in [2.24, 2.45) is 0 Å². The number of hydrogen-bond acceptors (Lipinski definition) is 4. The maximum atomic E-state index is 10.6. The van der Waals surface area contributed by atoms with Crippen molar-refractivity contribution in [3.8, 4) is 0 Å². The molecule has 0 bridgehead atoms. The predicted octanol–water partition coefficient (Wildman–Crippen LogP) is 3.10. The molecule has 4 heteroatoms. The van der Waals surface area contributed by atoms with Gasteiger partial charge in [-0.05, 0) is 24.3 Å². The molecule has 100 valence electrons. The van der Waals surface area contributed by atoms with Gasteiger partial charge in [0.1, 0.15) is 5.69 Å². The van der Waals surface area contributed by atoms with Gasteiger partial charge in [-0.3, -0.25) is 14.8 Å². The van der Waals surface area contributed by atoms with Gasteiger partial charge >= 0.3 is 0 Å². The fourth-order valence-corrected chi connectivity index (χ4v) is 1.70. The Morgan fingerprint density at radius 1 is 0.950 bits per heavy atom. The standard InChI is InChI=1S/C9H8N2.C7H7NO/c10-8-5-1-3-7-4-2-6-11-9(7)8;1-6(9)7-4-2-3-5-8-7/h1-6H,10H2;2-5H,1H3. The number of para-hydroxylation sites is 1. The van der Waals surface area contributed by atoms with Crippen LogP contribution in [0.2, 0.25) is 0 Å². The maximum absolute atomic E-state index is 10.6. The molecule has 0 spiro atoms. The van der Waals surface area contributed by atoms with E-state index in [0.717, 1.165) is 16.6 Å². The highest BCUT2D eigenvalue weighted by Crippen LogP contribution is 2.16. The molecule has 0 atom stereocenters. The molecule has 0 radical (unpaired) electrons. The number of ketones is 1. The van der Waals surface area contributed by atoms with Gasteiger partial charge in [-0.15, -0.1) is 0 Å². The number of carbonyl (C=O) groups excluding carboxylic acids is 1. The summed E-state index contributed by atoms with van der Waals surface area (Å²) in [5.41, 5.74) is 7.84. The minimum Gasteiger partial charge on any atom is -0.397 e. The van der Waals surface area contributed by atoms with Crippen LogP contribution >= 0.6 is 0 Å². The Labute approximate surface area is 117 Å². The summed E-state index contributed by atoms with van der Waals surface area (Å²) in [6.45, 7) is 1.50. The SMILES string of the molecule is CC(=O)c1ccccn1.Nc1cccc2cccnc12. The molecular formula is C16H15N3O. The van der Waals surface area contributed by atoms with Gasteiger partial charge in [0, 0.05) is 24.7 Å². The van der Waals surface area contributed by atoms with Gasteiger partial charge in [-0.2, -0.15) is 0 Å². The second-order valence-electron chi connectivity index (χ2n) is 4.19. The number of benzene rings is 1. The molecule has 1 aromatic carbocycles. The van der Waals surface area contributed by atoms with Crippen molar-refractivity contribution < 1.29 is 4.79 Å². The lowest BCUT2D eigenvalue weighted by Crippen LogP contribution is -1.93. The fraction of sp³-hybridized carbons (Fsp3) is 0.0625. The van der Waals surface area contributed by atoms with E-state index in [1.165, 1.54) is 6.92 Å². The summed E-state index contributed by atoms with van der Waals surface area (Å²) in [6, 6.07) is 15.0. The average molecular weight is 265 g/mol. The lowest BCUT2D eigenvalue weighted by Gasteiger charge is -1.97. The number of fused-ring (bicyclic) bond motifs is 1. The summed E-state index contributed by atoms with van der Waals surface area (Å²) in [5, 5.41) is 1.09. The van der Waals surface area contributed by atoms with Crippen LogP contribution in [0.4, 0.5) is 5.69 Å². The molecule has 2 aromatic heterocycles. The number of carbonyl (C=O) groups is 1. The molecule has 4 nitrogen and oxygen atoms in total.